The van der Waals surface area contributed by atoms with E-state index in [1.807, 2.05) is 0 Å². The van der Waals surface area contributed by atoms with Gasteiger partial charge in [0.05, 0.1) is 6.10 Å². The van der Waals surface area contributed by atoms with Gasteiger partial charge in [0, 0.05) is 12.7 Å². The minimum atomic E-state index is -0.693. The monoisotopic (exact) mass is 292 g/mol. The number of nitrogens with one attached hydrogen (secondary N) is 2. The highest BCUT2D eigenvalue weighted by atomic mass is 16.5. The van der Waals surface area contributed by atoms with Crippen LogP contribution >= 0.6 is 0 Å². The van der Waals surface area contributed by atoms with Gasteiger partial charge in [0.25, 0.3) is 5.56 Å². The van der Waals surface area contributed by atoms with Crippen molar-refractivity contribution in [3.63, 3.8) is 0 Å². The number of hydrogen-bond donors (Lipinski definition) is 2. The molecule has 0 unspecified atom stereocenters. The summed E-state index contributed by atoms with van der Waals surface area (Å²) in [5, 5.41) is 0.220. The summed E-state index contributed by atoms with van der Waals surface area (Å²) < 4.78 is 10.5. The predicted octanol–water partition coefficient (Wildman–Crippen LogP) is 0.671. The topological polar surface area (TPSA) is 105 Å². The normalized spacial score (nSPS) is 15.2. The molecular weight excluding hydrogens is 276 g/mol. The molecule has 0 atom stereocenters. The molecule has 0 aliphatic heterocycles. The van der Waals surface area contributed by atoms with Gasteiger partial charge in [0.2, 0.25) is 5.71 Å². The summed E-state index contributed by atoms with van der Waals surface area (Å²) in [6, 6.07) is 1.29. The fourth-order valence-corrected chi connectivity index (χ4v) is 2.43. The second-order valence-corrected chi connectivity index (χ2v) is 5.23. The fourth-order valence-electron chi connectivity index (χ4n) is 2.43. The average molecular weight is 292 g/mol. The smallest absolute Gasteiger partial charge is 0.337 e. The van der Waals surface area contributed by atoms with Crippen LogP contribution in [-0.4, -0.2) is 22.7 Å². The average Bonchev–Trinajstić information content (AvgIpc) is 2.34. The Balaban J connectivity index is 1.81. The SMILES string of the molecule is O=c1[nH]c(=O)c2c(CCCOC3CCC3)cc(=O)oc2[nH]1. The van der Waals surface area contributed by atoms with Crippen LogP contribution in [0.25, 0.3) is 11.1 Å². The van der Waals surface area contributed by atoms with Crippen LogP contribution in [0.15, 0.2) is 24.9 Å². The molecule has 0 spiro atoms. The van der Waals surface area contributed by atoms with Gasteiger partial charge in [-0.3, -0.25) is 14.8 Å². The molecule has 21 heavy (non-hydrogen) atoms. The molecule has 112 valence electrons. The molecule has 0 bridgehead atoms. The Kier molecular flexibility index (Phi) is 3.74. The van der Waals surface area contributed by atoms with Gasteiger partial charge < -0.3 is 9.15 Å². The van der Waals surface area contributed by atoms with E-state index in [-0.39, 0.29) is 11.1 Å². The van der Waals surface area contributed by atoms with Crippen LogP contribution in [0.2, 0.25) is 0 Å². The van der Waals surface area contributed by atoms with Gasteiger partial charge in [0.15, 0.2) is 0 Å². The van der Waals surface area contributed by atoms with E-state index < -0.39 is 16.9 Å². The molecule has 2 aromatic heterocycles. The first-order valence-electron chi connectivity index (χ1n) is 7.04. The lowest BCUT2D eigenvalue weighted by Crippen LogP contribution is -2.24. The Labute approximate surface area is 119 Å². The Morgan fingerprint density at radius 1 is 1.24 bits per heavy atom. The third kappa shape index (κ3) is 2.97. The van der Waals surface area contributed by atoms with Crippen molar-refractivity contribution < 1.29 is 9.15 Å². The van der Waals surface area contributed by atoms with Crippen LogP contribution in [0.5, 0.6) is 0 Å². The van der Waals surface area contributed by atoms with Gasteiger partial charge in [-0.15, -0.1) is 0 Å². The van der Waals surface area contributed by atoms with Crippen LogP contribution in [0, 0.1) is 0 Å². The summed E-state index contributed by atoms with van der Waals surface area (Å²) in [5.74, 6) is 0. The molecule has 2 N–H and O–H groups in total. The summed E-state index contributed by atoms with van der Waals surface area (Å²) in [6.07, 6.45) is 5.02. The Hall–Kier alpha value is -2.15. The number of aromatic amines is 2. The van der Waals surface area contributed by atoms with E-state index in [9.17, 15) is 14.4 Å². The number of hydrogen-bond acceptors (Lipinski definition) is 5. The second-order valence-electron chi connectivity index (χ2n) is 5.23. The summed E-state index contributed by atoms with van der Waals surface area (Å²) >= 11 is 0. The molecule has 2 heterocycles. The van der Waals surface area contributed by atoms with Crippen molar-refractivity contribution in [1.29, 1.82) is 0 Å². The lowest BCUT2D eigenvalue weighted by atomic mass is 9.96. The first-order valence-corrected chi connectivity index (χ1v) is 7.04. The van der Waals surface area contributed by atoms with Crippen molar-refractivity contribution in [2.75, 3.05) is 6.61 Å². The number of fused-ring (bicyclic) bond motifs is 1. The number of H-pyrrole nitrogens is 2. The molecular formula is C14H16N2O5. The van der Waals surface area contributed by atoms with Gasteiger partial charge in [0.1, 0.15) is 5.39 Å². The summed E-state index contributed by atoms with van der Waals surface area (Å²) in [4.78, 5) is 39.0. The van der Waals surface area contributed by atoms with Gasteiger partial charge >= 0.3 is 11.3 Å². The van der Waals surface area contributed by atoms with Gasteiger partial charge in [-0.2, -0.15) is 0 Å². The molecule has 2 aromatic rings. The zero-order valence-electron chi connectivity index (χ0n) is 11.4. The number of rotatable bonds is 5. The molecule has 1 aliphatic carbocycles. The van der Waals surface area contributed by atoms with Gasteiger partial charge in [-0.25, -0.2) is 9.59 Å². The molecule has 0 aromatic carbocycles. The van der Waals surface area contributed by atoms with Crippen LogP contribution in [-0.2, 0) is 11.2 Å². The van der Waals surface area contributed by atoms with E-state index in [0.29, 0.717) is 31.1 Å². The molecule has 0 radical (unpaired) electrons. The third-order valence-corrected chi connectivity index (χ3v) is 3.72. The molecule has 0 amide bonds. The lowest BCUT2D eigenvalue weighted by Gasteiger charge is -2.25. The lowest BCUT2D eigenvalue weighted by molar-refractivity contribution is 0.00148. The molecule has 7 heteroatoms. The Bertz CT molecular complexity index is 807. The maximum atomic E-state index is 11.9. The summed E-state index contributed by atoms with van der Waals surface area (Å²) in [5.41, 5.74) is -1.34. The maximum Gasteiger partial charge on any atom is 0.337 e. The molecule has 3 rings (SSSR count). The number of ether oxygens (including phenoxy) is 1. The Morgan fingerprint density at radius 2 is 2.05 bits per heavy atom. The van der Waals surface area contributed by atoms with E-state index in [4.69, 9.17) is 9.15 Å². The molecule has 0 saturated heterocycles. The van der Waals surface area contributed by atoms with E-state index in [0.717, 1.165) is 12.8 Å². The van der Waals surface area contributed by atoms with Crippen molar-refractivity contribution in [3.8, 4) is 0 Å². The first-order chi connectivity index (χ1) is 10.1. The zero-order valence-corrected chi connectivity index (χ0v) is 11.4. The predicted molar refractivity (Wildman–Crippen MR) is 75.6 cm³/mol. The van der Waals surface area contributed by atoms with Crippen molar-refractivity contribution in [3.05, 3.63) is 42.9 Å². The van der Waals surface area contributed by atoms with Crippen molar-refractivity contribution in [2.24, 2.45) is 0 Å². The van der Waals surface area contributed by atoms with Crippen LogP contribution in [0.3, 0.4) is 0 Å². The van der Waals surface area contributed by atoms with Crippen LogP contribution in [0.1, 0.15) is 31.2 Å². The van der Waals surface area contributed by atoms with Gasteiger partial charge in [-0.05, 0) is 37.7 Å². The number of aromatic nitrogens is 2. The highest BCUT2D eigenvalue weighted by Crippen LogP contribution is 2.22. The fraction of sp³-hybridized carbons (Fsp3) is 0.500. The quantitative estimate of drug-likeness (QED) is 0.788. The molecule has 1 fully saturated rings. The summed E-state index contributed by atoms with van der Waals surface area (Å²) in [7, 11) is 0. The standard InChI is InChI=1S/C14H16N2O5/c17-10-7-8(3-2-6-20-9-4-1-5-9)11-12(18)15-14(19)16-13(11)21-10/h7,9H,1-6H2,(H2,15,16,18,19). The minimum absolute atomic E-state index is 0.0776. The maximum absolute atomic E-state index is 11.9. The second kappa shape index (κ2) is 5.69. The van der Waals surface area contributed by atoms with Crippen LogP contribution in [0.4, 0.5) is 0 Å². The van der Waals surface area contributed by atoms with E-state index in [2.05, 4.69) is 9.97 Å². The molecule has 1 aliphatic rings. The highest BCUT2D eigenvalue weighted by molar-refractivity contribution is 5.75. The van der Waals surface area contributed by atoms with Gasteiger partial charge in [-0.1, -0.05) is 0 Å². The summed E-state index contributed by atoms with van der Waals surface area (Å²) in [6.45, 7) is 0.591. The van der Waals surface area contributed by atoms with Crippen molar-refractivity contribution >= 4 is 11.1 Å². The van der Waals surface area contributed by atoms with Crippen molar-refractivity contribution in [2.45, 2.75) is 38.2 Å². The number of aryl methyl sites for hydroxylation is 1. The third-order valence-electron chi connectivity index (χ3n) is 3.72. The van der Waals surface area contributed by atoms with Crippen molar-refractivity contribution in [1.82, 2.24) is 9.97 Å². The van der Waals surface area contributed by atoms with E-state index >= 15 is 0 Å². The van der Waals surface area contributed by atoms with E-state index in [1.54, 1.807) is 0 Å². The zero-order chi connectivity index (χ0) is 14.8. The molecule has 1 saturated carbocycles. The van der Waals surface area contributed by atoms with E-state index in [1.165, 1.54) is 12.5 Å². The van der Waals surface area contributed by atoms with Crippen LogP contribution < -0.4 is 16.9 Å². The first kappa shape index (κ1) is 13.8. The highest BCUT2D eigenvalue weighted by Gasteiger charge is 2.17. The Morgan fingerprint density at radius 3 is 2.76 bits per heavy atom. The molecule has 7 nitrogen and oxygen atoms in total. The minimum Gasteiger partial charge on any atom is -0.405 e. The largest absolute Gasteiger partial charge is 0.405 e.